The summed E-state index contributed by atoms with van der Waals surface area (Å²) in [6, 6.07) is 6.82. The van der Waals surface area contributed by atoms with E-state index in [0.29, 0.717) is 36.6 Å². The summed E-state index contributed by atoms with van der Waals surface area (Å²) in [6.45, 7) is 2.33. The van der Waals surface area contributed by atoms with Crippen molar-refractivity contribution in [1.82, 2.24) is 24.8 Å². The fraction of sp³-hybridized carbons (Fsp3) is 0.286. The highest BCUT2D eigenvalue weighted by Crippen LogP contribution is 2.31. The minimum absolute atomic E-state index is 0.131. The number of halogens is 1. The average Bonchev–Trinajstić information content (AvgIpc) is 2.74. The molecule has 1 atom stereocenters. The summed E-state index contributed by atoms with van der Waals surface area (Å²) in [5, 5.41) is 2.97. The van der Waals surface area contributed by atoms with E-state index < -0.39 is 17.3 Å². The van der Waals surface area contributed by atoms with Crippen LogP contribution < -0.4 is 15.6 Å². The molecule has 4 rings (SSSR count). The lowest BCUT2D eigenvalue weighted by molar-refractivity contribution is 0.0877. The van der Waals surface area contributed by atoms with E-state index in [2.05, 4.69) is 20.3 Å². The summed E-state index contributed by atoms with van der Waals surface area (Å²) < 4.78 is 20.2. The topological polar surface area (TPSA) is 99.0 Å². The molecule has 9 heteroatoms. The van der Waals surface area contributed by atoms with E-state index in [0.717, 1.165) is 6.07 Å². The molecule has 0 bridgehead atoms. The number of benzene rings is 1. The van der Waals surface area contributed by atoms with Crippen molar-refractivity contribution in [1.29, 1.82) is 0 Å². The van der Waals surface area contributed by atoms with Gasteiger partial charge in [0.25, 0.3) is 11.5 Å². The molecule has 3 aromatic rings. The zero-order valence-electron chi connectivity index (χ0n) is 16.6. The first-order chi connectivity index (χ1) is 14.4. The van der Waals surface area contributed by atoms with Gasteiger partial charge < -0.3 is 10.1 Å². The van der Waals surface area contributed by atoms with Crippen LogP contribution in [0.1, 0.15) is 35.9 Å². The molecule has 1 aromatic carbocycles. The lowest BCUT2D eigenvalue weighted by atomic mass is 9.90. The van der Waals surface area contributed by atoms with Crippen molar-refractivity contribution in [2.75, 3.05) is 7.11 Å². The van der Waals surface area contributed by atoms with Gasteiger partial charge in [-0.3, -0.25) is 14.2 Å². The van der Waals surface area contributed by atoms with Gasteiger partial charge in [-0.1, -0.05) is 0 Å². The van der Waals surface area contributed by atoms with Crippen molar-refractivity contribution in [3.05, 3.63) is 70.4 Å². The molecule has 0 aliphatic carbocycles. The van der Waals surface area contributed by atoms with E-state index >= 15 is 0 Å². The van der Waals surface area contributed by atoms with Crippen LogP contribution in [0.3, 0.4) is 0 Å². The largest absolute Gasteiger partial charge is 0.496 e. The Bertz CT molecular complexity index is 1170. The molecule has 1 aliphatic heterocycles. The third kappa shape index (κ3) is 3.54. The van der Waals surface area contributed by atoms with E-state index in [9.17, 15) is 14.0 Å². The number of carbonyl (C=O) groups excluding carboxylic acids is 1. The molecule has 0 radical (unpaired) electrons. The Kier molecular flexibility index (Phi) is 5.03. The van der Waals surface area contributed by atoms with Crippen LogP contribution in [0.15, 0.2) is 47.7 Å². The van der Waals surface area contributed by atoms with E-state index in [4.69, 9.17) is 4.74 Å². The van der Waals surface area contributed by atoms with Gasteiger partial charge in [0.1, 0.15) is 23.7 Å². The summed E-state index contributed by atoms with van der Waals surface area (Å²) in [6.07, 6.45) is 4.24. The predicted octanol–water partition coefficient (Wildman–Crippen LogP) is 2.29. The summed E-state index contributed by atoms with van der Waals surface area (Å²) in [5.41, 5.74) is 0.0109. The first-order valence-corrected chi connectivity index (χ1v) is 9.46. The second-order valence-corrected chi connectivity index (χ2v) is 7.28. The molecule has 8 nitrogen and oxygen atoms in total. The first-order valence-electron chi connectivity index (χ1n) is 9.46. The number of carbonyl (C=O) groups is 1. The smallest absolute Gasteiger partial charge is 0.255 e. The molecule has 0 fully saturated rings. The highest BCUT2D eigenvalue weighted by molar-refractivity contribution is 5.97. The van der Waals surface area contributed by atoms with E-state index in [1.165, 1.54) is 31.6 Å². The number of hydrogen-bond acceptors (Lipinski definition) is 6. The number of nitrogens with one attached hydrogen (secondary N) is 1. The molecule has 0 saturated heterocycles. The minimum atomic E-state index is -0.906. The Balaban J connectivity index is 1.75. The number of fused-ring (bicyclic) bond motifs is 1. The highest BCUT2D eigenvalue weighted by atomic mass is 19.1. The number of rotatable bonds is 4. The highest BCUT2D eigenvalue weighted by Gasteiger charge is 2.37. The SMILES string of the molecule is COc1cc(F)ccc1C(=O)NC1(C)CCCn2c1nc(-c1ccncn1)cc2=O. The van der Waals surface area contributed by atoms with Gasteiger partial charge in [0.15, 0.2) is 0 Å². The molecule has 1 unspecified atom stereocenters. The number of hydrogen-bond donors (Lipinski definition) is 1. The van der Waals surface area contributed by atoms with Crippen LogP contribution >= 0.6 is 0 Å². The van der Waals surface area contributed by atoms with Crippen LogP contribution in [0.2, 0.25) is 0 Å². The van der Waals surface area contributed by atoms with Gasteiger partial charge in [-0.05, 0) is 38.0 Å². The standard InChI is InChI=1S/C21H20FN5O3/c1-21(26-19(29)14-5-4-13(22)10-17(14)30-2)7-3-9-27-18(28)11-16(25-20(21)27)15-6-8-23-12-24-15/h4-6,8,10-12H,3,7,9H2,1-2H3,(H,26,29). The van der Waals surface area contributed by atoms with Gasteiger partial charge in [-0.25, -0.2) is 19.3 Å². The van der Waals surface area contributed by atoms with Crippen molar-refractivity contribution in [3.63, 3.8) is 0 Å². The molecular formula is C21H20FN5O3. The lowest BCUT2D eigenvalue weighted by Crippen LogP contribution is -2.50. The summed E-state index contributed by atoms with van der Waals surface area (Å²) >= 11 is 0. The van der Waals surface area contributed by atoms with Crippen molar-refractivity contribution < 1.29 is 13.9 Å². The third-order valence-corrected chi connectivity index (χ3v) is 5.20. The molecule has 154 valence electrons. The zero-order valence-corrected chi connectivity index (χ0v) is 16.6. The molecule has 1 amide bonds. The molecule has 3 heterocycles. The van der Waals surface area contributed by atoms with E-state index in [1.807, 2.05) is 6.92 Å². The first kappa shape index (κ1) is 19.7. The second kappa shape index (κ2) is 7.66. The lowest BCUT2D eigenvalue weighted by Gasteiger charge is -2.36. The molecule has 1 N–H and O–H groups in total. The van der Waals surface area contributed by atoms with Crippen molar-refractivity contribution in [3.8, 4) is 17.1 Å². The van der Waals surface area contributed by atoms with Crippen LogP contribution in [0.5, 0.6) is 5.75 Å². The maximum absolute atomic E-state index is 13.5. The quantitative estimate of drug-likeness (QED) is 0.710. The predicted molar refractivity (Wildman–Crippen MR) is 107 cm³/mol. The van der Waals surface area contributed by atoms with Crippen molar-refractivity contribution >= 4 is 5.91 Å². The zero-order chi connectivity index (χ0) is 21.3. The number of nitrogens with zero attached hydrogens (tertiary/aromatic N) is 4. The average molecular weight is 409 g/mol. The summed E-state index contributed by atoms with van der Waals surface area (Å²) in [7, 11) is 1.37. The number of aromatic nitrogens is 4. The van der Waals surface area contributed by atoms with Crippen LogP contribution in [0.25, 0.3) is 11.4 Å². The van der Waals surface area contributed by atoms with Crippen molar-refractivity contribution in [2.45, 2.75) is 31.8 Å². The fourth-order valence-corrected chi connectivity index (χ4v) is 3.71. The van der Waals surface area contributed by atoms with Gasteiger partial charge >= 0.3 is 0 Å². The van der Waals surface area contributed by atoms with Gasteiger partial charge in [-0.15, -0.1) is 0 Å². The van der Waals surface area contributed by atoms with E-state index in [1.54, 1.807) is 16.8 Å². The molecule has 2 aromatic heterocycles. The number of methoxy groups -OCH3 is 1. The van der Waals surface area contributed by atoms with Crippen LogP contribution in [-0.2, 0) is 12.1 Å². The molecule has 1 aliphatic rings. The van der Waals surface area contributed by atoms with Gasteiger partial charge in [-0.2, -0.15) is 0 Å². The van der Waals surface area contributed by atoms with Gasteiger partial charge in [0, 0.05) is 24.9 Å². The molecular weight excluding hydrogens is 389 g/mol. The Morgan fingerprint density at radius 1 is 1.27 bits per heavy atom. The Morgan fingerprint density at radius 3 is 2.83 bits per heavy atom. The van der Waals surface area contributed by atoms with Gasteiger partial charge in [0.2, 0.25) is 0 Å². The maximum Gasteiger partial charge on any atom is 0.255 e. The Hall–Kier alpha value is -3.62. The van der Waals surface area contributed by atoms with Crippen LogP contribution in [-0.4, -0.2) is 32.5 Å². The summed E-state index contributed by atoms with van der Waals surface area (Å²) in [4.78, 5) is 38.5. The van der Waals surface area contributed by atoms with Crippen LogP contribution in [0, 0.1) is 5.82 Å². The monoisotopic (exact) mass is 409 g/mol. The number of ether oxygens (including phenoxy) is 1. The maximum atomic E-state index is 13.5. The van der Waals surface area contributed by atoms with E-state index in [-0.39, 0.29) is 16.9 Å². The normalized spacial score (nSPS) is 17.8. The Labute approximate surface area is 171 Å². The van der Waals surface area contributed by atoms with Crippen molar-refractivity contribution in [2.24, 2.45) is 0 Å². The molecule has 30 heavy (non-hydrogen) atoms. The van der Waals surface area contributed by atoms with Crippen LogP contribution in [0.4, 0.5) is 4.39 Å². The number of amides is 1. The minimum Gasteiger partial charge on any atom is -0.496 e. The van der Waals surface area contributed by atoms with Gasteiger partial charge in [0.05, 0.1) is 29.6 Å². The third-order valence-electron chi connectivity index (χ3n) is 5.20. The molecule has 0 saturated carbocycles. The molecule has 0 spiro atoms. The second-order valence-electron chi connectivity index (χ2n) is 7.28. The fourth-order valence-electron chi connectivity index (χ4n) is 3.71. The summed E-state index contributed by atoms with van der Waals surface area (Å²) in [5.74, 6) is -0.360. The Morgan fingerprint density at radius 2 is 2.10 bits per heavy atom.